The Balaban J connectivity index is 0.936. The largest absolute Gasteiger partial charge is 0.457 e. The molecule has 4 N–H and O–H groups in total. The van der Waals surface area contributed by atoms with Gasteiger partial charge in [0.05, 0.1) is 49.2 Å². The number of aromatic amines is 2. The average molecular weight is 747 g/mol. The predicted molar refractivity (Wildman–Crippen MR) is 200 cm³/mol. The number of likely N-dealkylation sites (tertiary alicyclic amines) is 1. The minimum Gasteiger partial charge on any atom is -0.457 e. The summed E-state index contributed by atoms with van der Waals surface area (Å²) < 4.78 is 15.8. The summed E-state index contributed by atoms with van der Waals surface area (Å²) in [7, 11) is 2.56. The first-order valence-corrected chi connectivity index (χ1v) is 18.5. The van der Waals surface area contributed by atoms with E-state index in [0.717, 1.165) is 60.2 Å². The molecule has 0 saturated carbocycles. The number of carbonyl (C=O) groups is 4. The molecule has 3 fully saturated rings. The van der Waals surface area contributed by atoms with Crippen LogP contribution in [0.3, 0.4) is 0 Å². The first kappa shape index (κ1) is 35.6. The smallest absolute Gasteiger partial charge is 0.407 e. The van der Waals surface area contributed by atoms with Crippen LogP contribution in [0.15, 0.2) is 79.0 Å². The van der Waals surface area contributed by atoms with Crippen LogP contribution < -0.4 is 15.4 Å². The highest BCUT2D eigenvalue weighted by molar-refractivity contribution is 5.88. The van der Waals surface area contributed by atoms with Gasteiger partial charge in [-0.3, -0.25) is 9.59 Å². The summed E-state index contributed by atoms with van der Waals surface area (Å²) in [6.45, 7) is 0.534. The van der Waals surface area contributed by atoms with Gasteiger partial charge in [-0.2, -0.15) is 0 Å². The Morgan fingerprint density at radius 2 is 1.60 bits per heavy atom. The number of nitrogens with zero attached hydrogens (tertiary/aromatic N) is 4. The Labute approximate surface area is 316 Å². The molecule has 0 aliphatic carbocycles. The molecule has 8 rings (SSSR count). The molecule has 4 amide bonds. The molecule has 284 valence electrons. The zero-order valence-electron chi connectivity index (χ0n) is 30.5. The van der Waals surface area contributed by atoms with Crippen LogP contribution in [-0.4, -0.2) is 86.6 Å². The van der Waals surface area contributed by atoms with Crippen molar-refractivity contribution in [1.29, 1.82) is 0 Å². The predicted octanol–water partition coefficient (Wildman–Crippen LogP) is 6.06. The van der Waals surface area contributed by atoms with Gasteiger partial charge in [-0.1, -0.05) is 30.3 Å². The van der Waals surface area contributed by atoms with Crippen LogP contribution in [-0.2, 0) is 19.1 Å². The van der Waals surface area contributed by atoms with E-state index in [2.05, 4.69) is 25.6 Å². The van der Waals surface area contributed by atoms with Crippen molar-refractivity contribution in [3.05, 3.63) is 96.2 Å². The fourth-order valence-corrected chi connectivity index (χ4v) is 8.08. The normalized spacial score (nSPS) is 21.2. The first-order chi connectivity index (χ1) is 26.8. The molecule has 55 heavy (non-hydrogen) atoms. The van der Waals surface area contributed by atoms with Crippen LogP contribution in [0.1, 0.15) is 73.9 Å². The summed E-state index contributed by atoms with van der Waals surface area (Å²) in [5.74, 6) is 2.31. The number of benzene rings is 3. The molecule has 3 aliphatic heterocycles. The molecule has 5 unspecified atom stereocenters. The zero-order chi connectivity index (χ0) is 38.1. The lowest BCUT2D eigenvalue weighted by Gasteiger charge is -2.37. The van der Waals surface area contributed by atoms with Crippen LogP contribution in [0, 0.1) is 0 Å². The van der Waals surface area contributed by atoms with Crippen LogP contribution in [0.5, 0.6) is 11.5 Å². The minimum atomic E-state index is -0.896. The number of amides is 4. The van der Waals surface area contributed by atoms with E-state index in [1.807, 2.05) is 77.7 Å². The third-order valence-electron chi connectivity index (χ3n) is 10.8. The summed E-state index contributed by atoms with van der Waals surface area (Å²) in [4.78, 5) is 71.2. The van der Waals surface area contributed by atoms with Gasteiger partial charge >= 0.3 is 12.2 Å². The third kappa shape index (κ3) is 7.16. The summed E-state index contributed by atoms with van der Waals surface area (Å²) in [5.41, 5.74) is 3.92. The van der Waals surface area contributed by atoms with E-state index in [-0.39, 0.29) is 29.9 Å². The maximum atomic E-state index is 13.9. The number of hydrogen-bond donors (Lipinski definition) is 4. The molecular weight excluding hydrogens is 704 g/mol. The highest BCUT2D eigenvalue weighted by atomic mass is 16.5. The molecule has 5 aromatic rings. The third-order valence-corrected chi connectivity index (χ3v) is 10.8. The van der Waals surface area contributed by atoms with Gasteiger partial charge in [-0.15, -0.1) is 0 Å². The van der Waals surface area contributed by atoms with Gasteiger partial charge in [0.1, 0.15) is 35.2 Å². The molecule has 3 aliphatic rings. The summed E-state index contributed by atoms with van der Waals surface area (Å²) in [6, 6.07) is 20.5. The van der Waals surface area contributed by atoms with Crippen molar-refractivity contribution in [3.8, 4) is 22.8 Å². The molecule has 0 radical (unpaired) electrons. The van der Waals surface area contributed by atoms with Gasteiger partial charge < -0.3 is 44.6 Å². The number of fused-ring (bicyclic) bond motifs is 2. The molecule has 3 aromatic carbocycles. The lowest BCUT2D eigenvalue weighted by Crippen LogP contribution is -2.54. The molecule has 3 saturated heterocycles. The fraction of sp³-hybridized carbons (Fsp3) is 0.350. The second-order valence-electron chi connectivity index (χ2n) is 14.0. The monoisotopic (exact) mass is 746 g/mol. The van der Waals surface area contributed by atoms with Crippen molar-refractivity contribution in [2.75, 3.05) is 20.8 Å². The number of rotatable bonds is 9. The Morgan fingerprint density at radius 3 is 2.38 bits per heavy atom. The van der Waals surface area contributed by atoms with E-state index in [1.165, 1.54) is 14.2 Å². The van der Waals surface area contributed by atoms with E-state index in [9.17, 15) is 19.2 Å². The Morgan fingerprint density at radius 1 is 0.836 bits per heavy atom. The van der Waals surface area contributed by atoms with Gasteiger partial charge in [-0.05, 0) is 86.1 Å². The molecule has 2 aromatic heterocycles. The number of ether oxygens (including phenoxy) is 3. The van der Waals surface area contributed by atoms with Crippen molar-refractivity contribution < 1.29 is 33.4 Å². The topological polar surface area (TPSA) is 184 Å². The molecule has 0 spiro atoms. The number of H-pyrrole nitrogens is 2. The maximum Gasteiger partial charge on any atom is 0.407 e. The van der Waals surface area contributed by atoms with E-state index >= 15 is 0 Å². The summed E-state index contributed by atoms with van der Waals surface area (Å²) in [6.07, 6.45) is 5.10. The average Bonchev–Trinajstić information content (AvgIpc) is 4.04. The van der Waals surface area contributed by atoms with Crippen molar-refractivity contribution >= 4 is 35.0 Å². The van der Waals surface area contributed by atoms with Crippen molar-refractivity contribution in [2.45, 2.75) is 68.7 Å². The van der Waals surface area contributed by atoms with Crippen molar-refractivity contribution in [1.82, 2.24) is 40.4 Å². The Hall–Kier alpha value is -6.38. The summed E-state index contributed by atoms with van der Waals surface area (Å²) in [5, 5.41) is 5.37. The van der Waals surface area contributed by atoms with Gasteiger partial charge in [0.2, 0.25) is 5.91 Å². The molecule has 5 atom stereocenters. The highest BCUT2D eigenvalue weighted by Crippen LogP contribution is 2.41. The minimum absolute atomic E-state index is 0.106. The number of methoxy groups -OCH3 is 2. The van der Waals surface area contributed by atoms with Gasteiger partial charge in [-0.25, -0.2) is 19.6 Å². The van der Waals surface area contributed by atoms with Crippen molar-refractivity contribution in [2.24, 2.45) is 0 Å². The molecular formula is C40H42N8O7. The number of nitrogens with one attached hydrogen (secondary N) is 4. The van der Waals surface area contributed by atoms with Gasteiger partial charge in [0, 0.05) is 18.7 Å². The Kier molecular flexibility index (Phi) is 9.83. The lowest BCUT2D eigenvalue weighted by molar-refractivity contribution is -0.139. The molecule has 0 bridgehead atoms. The second-order valence-corrected chi connectivity index (χ2v) is 14.0. The Bertz CT molecular complexity index is 2200. The number of aromatic nitrogens is 4. The molecule has 15 nitrogen and oxygen atoms in total. The second kappa shape index (κ2) is 15.2. The highest BCUT2D eigenvalue weighted by Gasteiger charge is 2.45. The maximum absolute atomic E-state index is 13.9. The van der Waals surface area contributed by atoms with Crippen LogP contribution in [0.2, 0.25) is 0 Å². The van der Waals surface area contributed by atoms with E-state index < -0.39 is 24.3 Å². The standard InChI is InChI=1S/C40H42N8O7/c1-53-39(51)45-29-17-12-25-13-19-33(48(25)37(29)49)35-41-22-31(44-35)23-10-14-26(15-11-23)55-27-16-18-28-30(21-27)43-36(42-28)32-9-6-20-47(32)38(50)34(46-40(52)54-2)24-7-4-3-5-8-24/h3-5,7-8,10-11,14-16,18,21-22,25,29,32-34H,6,9,12-13,17,19-20H2,1-2H3,(H,41,44)(H,42,43)(H,45,51)(H,46,52). The molecule has 15 heteroatoms. The number of hydrogen-bond acceptors (Lipinski definition) is 9. The number of piperidine rings is 1. The lowest BCUT2D eigenvalue weighted by atomic mass is 9.98. The number of alkyl carbamates (subject to hydrolysis) is 2. The molecule has 5 heterocycles. The first-order valence-electron chi connectivity index (χ1n) is 18.5. The quantitative estimate of drug-likeness (QED) is 0.139. The van der Waals surface area contributed by atoms with Crippen LogP contribution in [0.4, 0.5) is 9.59 Å². The fourth-order valence-electron chi connectivity index (χ4n) is 8.08. The van der Waals surface area contributed by atoms with Crippen molar-refractivity contribution in [3.63, 3.8) is 0 Å². The summed E-state index contributed by atoms with van der Waals surface area (Å²) >= 11 is 0. The van der Waals surface area contributed by atoms with Crippen LogP contribution >= 0.6 is 0 Å². The van der Waals surface area contributed by atoms with Gasteiger partial charge in [0.15, 0.2) is 0 Å². The van der Waals surface area contributed by atoms with E-state index in [0.29, 0.717) is 35.9 Å². The van der Waals surface area contributed by atoms with Crippen LogP contribution in [0.25, 0.3) is 22.3 Å². The van der Waals surface area contributed by atoms with Gasteiger partial charge in [0.25, 0.3) is 5.91 Å². The number of imidazole rings is 2. The van der Waals surface area contributed by atoms with E-state index in [1.54, 1.807) is 11.1 Å². The zero-order valence-corrected chi connectivity index (χ0v) is 30.5. The SMILES string of the molecule is COC(=O)NC1CCC2CCC(c3ncc(-c4ccc(Oc5ccc6nc(C7CCCN7C(=O)C(NC(=O)OC)c7ccccc7)[nH]c6c5)cc4)[nH]3)N2C1=O. The number of carbonyl (C=O) groups excluding carboxylic acids is 4. The van der Waals surface area contributed by atoms with E-state index in [4.69, 9.17) is 19.2 Å².